The van der Waals surface area contributed by atoms with Gasteiger partial charge in [-0.15, -0.1) is 0 Å². The smallest absolute Gasteiger partial charge is 0.335 e. The van der Waals surface area contributed by atoms with E-state index in [-0.39, 0.29) is 5.54 Å². The fourth-order valence-electron chi connectivity index (χ4n) is 3.63. The number of carboxylic acid groups (broad SMARTS) is 1. The molecule has 1 unspecified atom stereocenters. The molecule has 0 saturated heterocycles. The fraction of sp³-hybridized carbons (Fsp3) is 0.316. The Morgan fingerprint density at radius 1 is 1.18 bits per heavy atom. The lowest BCUT2D eigenvalue weighted by atomic mass is 9.79. The second-order valence-corrected chi connectivity index (χ2v) is 6.67. The monoisotopic (exact) mass is 295 g/mol. The Morgan fingerprint density at radius 3 is 2.50 bits per heavy atom. The molecule has 3 heteroatoms. The average Bonchev–Trinajstić information content (AvgIpc) is 2.47. The van der Waals surface area contributed by atoms with E-state index in [0.29, 0.717) is 11.5 Å². The number of carboxylic acids is 1. The molecule has 0 aliphatic carbocycles. The van der Waals surface area contributed by atoms with E-state index < -0.39 is 5.97 Å². The zero-order valence-corrected chi connectivity index (χ0v) is 13.2. The number of carbonyl (C=O) groups is 1. The molecule has 2 aromatic carbocycles. The number of anilines is 2. The minimum Gasteiger partial charge on any atom is -0.478 e. The van der Waals surface area contributed by atoms with Gasteiger partial charge in [0.25, 0.3) is 0 Å². The first-order valence-electron chi connectivity index (χ1n) is 7.63. The Labute approximate surface area is 131 Å². The molecular formula is C19H21NO2. The van der Waals surface area contributed by atoms with Gasteiger partial charge < -0.3 is 10.0 Å². The Bertz CT molecular complexity index is 707. The van der Waals surface area contributed by atoms with Crippen LogP contribution in [0.3, 0.4) is 0 Å². The number of hydrogen-bond donors (Lipinski definition) is 1. The van der Waals surface area contributed by atoms with E-state index in [1.807, 2.05) is 30.3 Å². The maximum atomic E-state index is 11.3. The highest BCUT2D eigenvalue weighted by atomic mass is 16.4. The van der Waals surface area contributed by atoms with Crippen LogP contribution >= 0.6 is 0 Å². The molecule has 3 nitrogen and oxygen atoms in total. The summed E-state index contributed by atoms with van der Waals surface area (Å²) in [7, 11) is 0. The van der Waals surface area contributed by atoms with E-state index in [2.05, 4.69) is 37.8 Å². The van der Waals surface area contributed by atoms with Gasteiger partial charge in [-0.1, -0.05) is 25.1 Å². The zero-order chi connectivity index (χ0) is 15.9. The van der Waals surface area contributed by atoms with Crippen molar-refractivity contribution in [1.29, 1.82) is 0 Å². The van der Waals surface area contributed by atoms with Crippen molar-refractivity contribution in [3.8, 4) is 0 Å². The lowest BCUT2D eigenvalue weighted by molar-refractivity contribution is 0.0697. The third-order valence-corrected chi connectivity index (χ3v) is 4.47. The molecule has 3 rings (SSSR count). The van der Waals surface area contributed by atoms with Crippen molar-refractivity contribution >= 4 is 17.3 Å². The predicted octanol–water partition coefficient (Wildman–Crippen LogP) is 4.81. The van der Waals surface area contributed by atoms with Crippen LogP contribution in [0.1, 0.15) is 49.0 Å². The topological polar surface area (TPSA) is 40.5 Å². The van der Waals surface area contributed by atoms with Gasteiger partial charge >= 0.3 is 5.97 Å². The second kappa shape index (κ2) is 5.16. The Balaban J connectivity index is 2.18. The molecule has 2 aromatic rings. The van der Waals surface area contributed by atoms with Crippen LogP contribution in [0.4, 0.5) is 11.4 Å². The summed E-state index contributed by atoms with van der Waals surface area (Å²) in [5.41, 5.74) is 3.71. The average molecular weight is 295 g/mol. The summed E-state index contributed by atoms with van der Waals surface area (Å²) in [6.07, 6.45) is 0.984. The minimum atomic E-state index is -0.869. The number of fused-ring (bicyclic) bond motifs is 1. The molecule has 1 atom stereocenters. The van der Waals surface area contributed by atoms with Gasteiger partial charge in [0.05, 0.1) is 5.56 Å². The number of hydrogen-bond acceptors (Lipinski definition) is 2. The number of para-hydroxylation sites is 1. The van der Waals surface area contributed by atoms with E-state index in [4.69, 9.17) is 0 Å². The number of benzene rings is 2. The van der Waals surface area contributed by atoms with Crippen molar-refractivity contribution in [3.05, 3.63) is 59.7 Å². The van der Waals surface area contributed by atoms with E-state index >= 15 is 0 Å². The molecule has 0 aromatic heterocycles. The summed E-state index contributed by atoms with van der Waals surface area (Å²) in [5.74, 6) is -0.532. The first-order valence-corrected chi connectivity index (χ1v) is 7.63. The Hall–Kier alpha value is -2.29. The molecular weight excluding hydrogens is 274 g/mol. The van der Waals surface area contributed by atoms with E-state index in [0.717, 1.165) is 23.4 Å². The van der Waals surface area contributed by atoms with E-state index in [9.17, 15) is 9.90 Å². The quantitative estimate of drug-likeness (QED) is 0.864. The molecule has 114 valence electrons. The molecule has 0 amide bonds. The van der Waals surface area contributed by atoms with Gasteiger partial charge in [-0.25, -0.2) is 4.79 Å². The van der Waals surface area contributed by atoms with Gasteiger partial charge in [-0.05, 0) is 62.1 Å². The lowest BCUT2D eigenvalue weighted by Gasteiger charge is -2.47. The van der Waals surface area contributed by atoms with Gasteiger partial charge in [-0.2, -0.15) is 0 Å². The molecule has 1 N–H and O–H groups in total. The second-order valence-electron chi connectivity index (χ2n) is 6.67. The fourth-order valence-corrected chi connectivity index (χ4v) is 3.63. The van der Waals surface area contributed by atoms with Gasteiger partial charge in [0, 0.05) is 16.9 Å². The van der Waals surface area contributed by atoms with Crippen LogP contribution in [-0.4, -0.2) is 16.6 Å². The summed E-state index contributed by atoms with van der Waals surface area (Å²) in [4.78, 5) is 13.6. The largest absolute Gasteiger partial charge is 0.478 e. The van der Waals surface area contributed by atoms with Crippen molar-refractivity contribution < 1.29 is 9.90 Å². The number of aromatic carboxylic acids is 1. The molecule has 0 radical (unpaired) electrons. The Kier molecular flexibility index (Phi) is 3.44. The molecule has 0 fully saturated rings. The highest BCUT2D eigenvalue weighted by Gasteiger charge is 2.37. The molecule has 0 saturated carbocycles. The number of nitrogens with zero attached hydrogens (tertiary/aromatic N) is 1. The first kappa shape index (κ1) is 14.6. The summed E-state index contributed by atoms with van der Waals surface area (Å²) in [6, 6.07) is 15.8. The highest BCUT2D eigenvalue weighted by molar-refractivity contribution is 5.89. The number of rotatable bonds is 2. The van der Waals surface area contributed by atoms with Crippen molar-refractivity contribution in [1.82, 2.24) is 0 Å². The standard InChI is InChI=1S/C19H21NO2/c1-13-12-19(2,3)20(15-7-5-4-6-8-15)17-10-9-14(18(21)22)11-16(13)17/h4-11,13H,12H2,1-3H3,(H,21,22). The van der Waals surface area contributed by atoms with Crippen LogP contribution in [0, 0.1) is 0 Å². The normalized spacial score (nSPS) is 19.6. The molecule has 1 heterocycles. The van der Waals surface area contributed by atoms with Crippen LogP contribution in [0.2, 0.25) is 0 Å². The van der Waals surface area contributed by atoms with E-state index in [1.54, 1.807) is 6.07 Å². The van der Waals surface area contributed by atoms with Crippen LogP contribution in [-0.2, 0) is 0 Å². The van der Waals surface area contributed by atoms with Crippen LogP contribution in [0.15, 0.2) is 48.5 Å². The summed E-state index contributed by atoms with van der Waals surface area (Å²) < 4.78 is 0. The third kappa shape index (κ3) is 2.37. The van der Waals surface area contributed by atoms with Gasteiger partial charge in [0.15, 0.2) is 0 Å². The molecule has 1 aliphatic rings. The summed E-state index contributed by atoms with van der Waals surface area (Å²) >= 11 is 0. The summed E-state index contributed by atoms with van der Waals surface area (Å²) in [6.45, 7) is 6.66. The Morgan fingerprint density at radius 2 is 1.86 bits per heavy atom. The molecule has 0 bridgehead atoms. The van der Waals surface area contributed by atoms with Gasteiger partial charge in [-0.3, -0.25) is 0 Å². The zero-order valence-electron chi connectivity index (χ0n) is 13.2. The predicted molar refractivity (Wildman–Crippen MR) is 89.1 cm³/mol. The molecule has 0 spiro atoms. The first-order chi connectivity index (χ1) is 10.4. The summed E-state index contributed by atoms with van der Waals surface area (Å²) in [5, 5.41) is 9.24. The van der Waals surface area contributed by atoms with Crippen molar-refractivity contribution in [2.45, 2.75) is 38.6 Å². The third-order valence-electron chi connectivity index (χ3n) is 4.47. The maximum absolute atomic E-state index is 11.3. The van der Waals surface area contributed by atoms with Gasteiger partial charge in [0.1, 0.15) is 0 Å². The van der Waals surface area contributed by atoms with Crippen molar-refractivity contribution in [2.24, 2.45) is 0 Å². The lowest BCUT2D eigenvalue weighted by Crippen LogP contribution is -2.45. The van der Waals surface area contributed by atoms with Crippen molar-refractivity contribution in [2.75, 3.05) is 4.90 Å². The van der Waals surface area contributed by atoms with Gasteiger partial charge in [0.2, 0.25) is 0 Å². The maximum Gasteiger partial charge on any atom is 0.335 e. The van der Waals surface area contributed by atoms with Crippen molar-refractivity contribution in [3.63, 3.8) is 0 Å². The van der Waals surface area contributed by atoms with E-state index in [1.165, 1.54) is 0 Å². The SMILES string of the molecule is CC1CC(C)(C)N(c2ccccc2)c2ccc(C(=O)O)cc21. The molecule has 1 aliphatic heterocycles. The minimum absolute atomic E-state index is 0.0154. The molecule has 22 heavy (non-hydrogen) atoms. The highest BCUT2D eigenvalue weighted by Crippen LogP contribution is 2.47. The van der Waals surface area contributed by atoms with Crippen LogP contribution in [0.25, 0.3) is 0 Å². The van der Waals surface area contributed by atoms with Crippen LogP contribution in [0.5, 0.6) is 0 Å². The van der Waals surface area contributed by atoms with Crippen LogP contribution < -0.4 is 4.90 Å².